The summed E-state index contributed by atoms with van der Waals surface area (Å²) in [7, 11) is 0. The van der Waals surface area contributed by atoms with Crippen LogP contribution in [0.2, 0.25) is 10.0 Å². The lowest BCUT2D eigenvalue weighted by Crippen LogP contribution is -2.04. The number of halogens is 5. The Hall–Kier alpha value is -1.72. The maximum atomic E-state index is 12.5. The minimum atomic E-state index is -4.46. The molecule has 2 rings (SSSR count). The number of hydrogen-bond donors (Lipinski definition) is 1. The molecule has 0 aliphatic rings. The zero-order valence-electron chi connectivity index (χ0n) is 10.3. The highest BCUT2D eigenvalue weighted by molar-refractivity contribution is 6.33. The van der Waals surface area contributed by atoms with Crippen LogP contribution in [0.4, 0.5) is 18.9 Å². The minimum Gasteiger partial charge on any atom is -0.507 e. The van der Waals surface area contributed by atoms with Gasteiger partial charge >= 0.3 is 6.18 Å². The van der Waals surface area contributed by atoms with Crippen LogP contribution < -0.4 is 0 Å². The Morgan fingerprint density at radius 3 is 2.38 bits per heavy atom. The second-order valence-corrected chi connectivity index (χ2v) is 4.97. The maximum Gasteiger partial charge on any atom is 0.416 e. The Morgan fingerprint density at radius 2 is 1.76 bits per heavy atom. The number of benzene rings is 2. The summed E-state index contributed by atoms with van der Waals surface area (Å²) in [4.78, 5) is 3.96. The third-order valence-corrected chi connectivity index (χ3v) is 3.15. The molecule has 7 heteroatoms. The molecule has 0 aromatic heterocycles. The molecule has 0 saturated heterocycles. The van der Waals surface area contributed by atoms with Gasteiger partial charge in [0.1, 0.15) is 5.75 Å². The second kappa shape index (κ2) is 5.95. The lowest BCUT2D eigenvalue weighted by atomic mass is 10.2. The second-order valence-electron chi connectivity index (χ2n) is 4.13. The molecule has 0 spiro atoms. The van der Waals surface area contributed by atoms with Crippen LogP contribution in [-0.4, -0.2) is 11.3 Å². The van der Waals surface area contributed by atoms with Crippen molar-refractivity contribution < 1.29 is 18.3 Å². The molecule has 0 aliphatic carbocycles. The molecule has 2 nitrogen and oxygen atoms in total. The lowest BCUT2D eigenvalue weighted by Gasteiger charge is -2.07. The summed E-state index contributed by atoms with van der Waals surface area (Å²) in [5, 5.41) is 9.86. The minimum absolute atomic E-state index is 0.0498. The third kappa shape index (κ3) is 3.89. The predicted octanol–water partition coefficient (Wildman–Crippen LogP) is 5.47. The van der Waals surface area contributed by atoms with E-state index >= 15 is 0 Å². The number of nitrogens with zero attached hydrogens (tertiary/aromatic N) is 1. The first-order valence-electron chi connectivity index (χ1n) is 5.67. The van der Waals surface area contributed by atoms with Crippen LogP contribution in [0, 0.1) is 0 Å². The van der Waals surface area contributed by atoms with Gasteiger partial charge in [-0.1, -0.05) is 23.2 Å². The molecule has 0 atom stereocenters. The Bertz CT molecular complexity index is 699. The molecule has 0 aliphatic heterocycles. The van der Waals surface area contributed by atoms with E-state index in [4.69, 9.17) is 23.2 Å². The zero-order chi connectivity index (χ0) is 15.6. The molecule has 21 heavy (non-hydrogen) atoms. The van der Waals surface area contributed by atoms with Crippen LogP contribution in [0.5, 0.6) is 5.75 Å². The predicted molar refractivity (Wildman–Crippen MR) is 76.8 cm³/mol. The first kappa shape index (κ1) is 15.7. The molecular weight excluding hydrogens is 326 g/mol. The standard InChI is InChI=1S/C14H8Cl2F3NO/c15-10-2-4-13(21)8(5-10)7-20-12-3-1-9(6-11(12)16)14(17,18)19/h1-7,21H. The van der Waals surface area contributed by atoms with Crippen LogP contribution in [-0.2, 0) is 6.18 Å². The van der Waals surface area contributed by atoms with E-state index < -0.39 is 11.7 Å². The monoisotopic (exact) mass is 333 g/mol. The molecule has 2 aromatic carbocycles. The maximum absolute atomic E-state index is 12.5. The number of phenolic OH excluding ortho intramolecular Hbond substituents is 1. The van der Waals surface area contributed by atoms with E-state index in [0.29, 0.717) is 10.6 Å². The van der Waals surface area contributed by atoms with E-state index in [1.807, 2.05) is 0 Å². The molecule has 2 aromatic rings. The van der Waals surface area contributed by atoms with Gasteiger partial charge < -0.3 is 5.11 Å². The Morgan fingerprint density at radius 1 is 1.05 bits per heavy atom. The number of hydrogen-bond acceptors (Lipinski definition) is 2. The fourth-order valence-corrected chi connectivity index (χ4v) is 1.97. The van der Waals surface area contributed by atoms with Crippen molar-refractivity contribution in [1.29, 1.82) is 0 Å². The zero-order valence-corrected chi connectivity index (χ0v) is 11.8. The van der Waals surface area contributed by atoms with Gasteiger partial charge in [-0.05, 0) is 36.4 Å². The molecule has 0 amide bonds. The van der Waals surface area contributed by atoms with Gasteiger partial charge in [-0.2, -0.15) is 13.2 Å². The van der Waals surface area contributed by atoms with E-state index in [0.717, 1.165) is 18.2 Å². The molecule has 0 unspecified atom stereocenters. The fourth-order valence-electron chi connectivity index (χ4n) is 1.56. The lowest BCUT2D eigenvalue weighted by molar-refractivity contribution is -0.137. The number of aromatic hydroxyl groups is 1. The number of alkyl halides is 3. The van der Waals surface area contributed by atoms with Gasteiger partial charge in [0.05, 0.1) is 16.3 Å². The smallest absolute Gasteiger partial charge is 0.416 e. The van der Waals surface area contributed by atoms with Crippen molar-refractivity contribution in [3.63, 3.8) is 0 Å². The molecule has 110 valence electrons. The average molecular weight is 334 g/mol. The van der Waals surface area contributed by atoms with Crippen molar-refractivity contribution in [2.45, 2.75) is 6.18 Å². The van der Waals surface area contributed by atoms with Crippen LogP contribution >= 0.6 is 23.2 Å². The first-order chi connectivity index (χ1) is 9.77. The molecule has 0 radical (unpaired) electrons. The summed E-state index contributed by atoms with van der Waals surface area (Å²) in [5.74, 6) is -0.0498. The normalized spacial score (nSPS) is 12.0. The number of rotatable bonds is 2. The summed E-state index contributed by atoms with van der Waals surface area (Å²) in [5.41, 5.74) is -0.362. The highest BCUT2D eigenvalue weighted by Gasteiger charge is 2.30. The van der Waals surface area contributed by atoms with E-state index in [2.05, 4.69) is 4.99 Å². The van der Waals surface area contributed by atoms with Gasteiger partial charge in [-0.25, -0.2) is 0 Å². The quantitative estimate of drug-likeness (QED) is 0.726. The van der Waals surface area contributed by atoms with Gasteiger partial charge in [0.25, 0.3) is 0 Å². The molecule has 0 fully saturated rings. The summed E-state index contributed by atoms with van der Waals surface area (Å²) < 4.78 is 37.5. The van der Waals surface area contributed by atoms with E-state index in [1.54, 1.807) is 0 Å². The fraction of sp³-hybridized carbons (Fsp3) is 0.0714. The van der Waals surface area contributed by atoms with Crippen molar-refractivity contribution in [2.75, 3.05) is 0 Å². The molecule has 0 bridgehead atoms. The molecule has 0 saturated carbocycles. The van der Waals surface area contributed by atoms with Gasteiger partial charge in [0.2, 0.25) is 0 Å². The van der Waals surface area contributed by atoms with Crippen molar-refractivity contribution >= 4 is 35.1 Å². The van der Waals surface area contributed by atoms with Crippen LogP contribution in [0.1, 0.15) is 11.1 Å². The summed E-state index contributed by atoms with van der Waals surface area (Å²) >= 11 is 11.5. The van der Waals surface area contributed by atoms with E-state index in [-0.39, 0.29) is 16.5 Å². The van der Waals surface area contributed by atoms with Crippen molar-refractivity contribution in [2.24, 2.45) is 4.99 Å². The first-order valence-corrected chi connectivity index (χ1v) is 6.42. The molecular formula is C14H8Cl2F3NO. The van der Waals surface area contributed by atoms with Crippen molar-refractivity contribution in [3.8, 4) is 5.75 Å². The summed E-state index contributed by atoms with van der Waals surface area (Å²) in [6.45, 7) is 0. The van der Waals surface area contributed by atoms with Gasteiger partial charge in [-0.3, -0.25) is 4.99 Å². The van der Waals surface area contributed by atoms with Gasteiger partial charge in [0, 0.05) is 16.8 Å². The SMILES string of the molecule is Oc1ccc(Cl)cc1C=Nc1ccc(C(F)(F)F)cc1Cl. The topological polar surface area (TPSA) is 32.6 Å². The molecule has 0 heterocycles. The Balaban J connectivity index is 2.32. The van der Waals surface area contributed by atoms with Crippen molar-refractivity contribution in [1.82, 2.24) is 0 Å². The summed E-state index contributed by atoms with van der Waals surface area (Å²) in [6.07, 6.45) is -3.19. The number of phenols is 1. The van der Waals surface area contributed by atoms with Crippen LogP contribution in [0.3, 0.4) is 0 Å². The van der Waals surface area contributed by atoms with Crippen LogP contribution in [0.15, 0.2) is 41.4 Å². The Kier molecular flexibility index (Phi) is 4.44. The number of aliphatic imine (C=N–C) groups is 1. The third-order valence-electron chi connectivity index (χ3n) is 2.61. The van der Waals surface area contributed by atoms with Gasteiger partial charge in [-0.15, -0.1) is 0 Å². The van der Waals surface area contributed by atoms with E-state index in [9.17, 15) is 18.3 Å². The Labute approximate surface area is 128 Å². The highest BCUT2D eigenvalue weighted by atomic mass is 35.5. The largest absolute Gasteiger partial charge is 0.507 e. The molecule has 1 N–H and O–H groups in total. The average Bonchev–Trinajstić information content (AvgIpc) is 2.40. The van der Waals surface area contributed by atoms with Gasteiger partial charge in [0.15, 0.2) is 0 Å². The van der Waals surface area contributed by atoms with E-state index in [1.165, 1.54) is 24.4 Å². The highest BCUT2D eigenvalue weighted by Crippen LogP contribution is 2.34. The van der Waals surface area contributed by atoms with Crippen molar-refractivity contribution in [3.05, 3.63) is 57.6 Å². The summed E-state index contributed by atoms with van der Waals surface area (Å²) in [6, 6.07) is 7.20. The van der Waals surface area contributed by atoms with Crippen LogP contribution in [0.25, 0.3) is 0 Å².